The molecule has 2 atom stereocenters. The van der Waals surface area contributed by atoms with Crippen LogP contribution in [0.15, 0.2) is 24.3 Å². The van der Waals surface area contributed by atoms with E-state index in [0.29, 0.717) is 18.8 Å². The Kier molecular flexibility index (Phi) is 5.96. The van der Waals surface area contributed by atoms with Gasteiger partial charge in [-0.25, -0.2) is 4.39 Å². The fourth-order valence-corrected chi connectivity index (χ4v) is 2.13. The van der Waals surface area contributed by atoms with E-state index in [1.807, 2.05) is 26.8 Å². The van der Waals surface area contributed by atoms with Gasteiger partial charge >= 0.3 is 5.97 Å². The van der Waals surface area contributed by atoms with Crippen molar-refractivity contribution >= 4 is 5.97 Å². The van der Waals surface area contributed by atoms with Crippen molar-refractivity contribution in [2.45, 2.75) is 45.7 Å². The maximum atomic E-state index is 13.2. The van der Waals surface area contributed by atoms with Gasteiger partial charge in [0.1, 0.15) is 11.9 Å². The summed E-state index contributed by atoms with van der Waals surface area (Å²) in [5.41, 5.74) is 0.789. The predicted molar refractivity (Wildman–Crippen MR) is 73.4 cm³/mol. The van der Waals surface area contributed by atoms with E-state index in [0.717, 1.165) is 5.56 Å². The van der Waals surface area contributed by atoms with Gasteiger partial charge in [-0.3, -0.25) is 10.1 Å². The first-order valence-electron chi connectivity index (χ1n) is 6.68. The van der Waals surface area contributed by atoms with E-state index in [-0.39, 0.29) is 11.9 Å². The van der Waals surface area contributed by atoms with E-state index in [4.69, 9.17) is 0 Å². The van der Waals surface area contributed by atoms with Crippen molar-refractivity contribution in [3.8, 4) is 0 Å². The first-order chi connectivity index (χ1) is 8.93. The van der Waals surface area contributed by atoms with Crippen LogP contribution in [0.5, 0.6) is 0 Å². The smallest absolute Gasteiger partial charge is 0.320 e. The number of carboxylic acid groups (broad SMARTS) is 1. The van der Waals surface area contributed by atoms with Crippen molar-refractivity contribution in [1.82, 2.24) is 5.32 Å². The van der Waals surface area contributed by atoms with Crippen molar-refractivity contribution in [3.63, 3.8) is 0 Å². The molecule has 3 nitrogen and oxygen atoms in total. The second kappa shape index (κ2) is 7.24. The molecule has 0 aliphatic heterocycles. The minimum atomic E-state index is -0.858. The third kappa shape index (κ3) is 4.99. The van der Waals surface area contributed by atoms with Crippen LogP contribution >= 0.6 is 0 Å². The van der Waals surface area contributed by atoms with Crippen molar-refractivity contribution in [3.05, 3.63) is 35.6 Å². The number of benzene rings is 1. The molecule has 0 saturated carbocycles. The zero-order valence-electron chi connectivity index (χ0n) is 11.7. The Morgan fingerprint density at radius 1 is 1.42 bits per heavy atom. The largest absolute Gasteiger partial charge is 0.480 e. The lowest BCUT2D eigenvalue weighted by molar-refractivity contribution is -0.140. The molecule has 0 amide bonds. The maximum Gasteiger partial charge on any atom is 0.320 e. The first kappa shape index (κ1) is 15.6. The van der Waals surface area contributed by atoms with Gasteiger partial charge in [-0.15, -0.1) is 0 Å². The highest BCUT2D eigenvalue weighted by molar-refractivity contribution is 5.73. The van der Waals surface area contributed by atoms with Crippen LogP contribution in [0.25, 0.3) is 0 Å². The van der Waals surface area contributed by atoms with Gasteiger partial charge in [0.15, 0.2) is 0 Å². The van der Waals surface area contributed by atoms with Crippen LogP contribution in [0.4, 0.5) is 4.39 Å². The van der Waals surface area contributed by atoms with E-state index < -0.39 is 12.0 Å². The van der Waals surface area contributed by atoms with Gasteiger partial charge in [0.25, 0.3) is 0 Å². The molecule has 0 radical (unpaired) electrons. The Balaban J connectivity index is 2.82. The maximum absolute atomic E-state index is 13.2. The van der Waals surface area contributed by atoms with Crippen LogP contribution in [-0.2, 0) is 4.79 Å². The summed E-state index contributed by atoms with van der Waals surface area (Å²) in [7, 11) is 0. The van der Waals surface area contributed by atoms with Gasteiger partial charge in [0, 0.05) is 6.04 Å². The average molecular weight is 267 g/mol. The number of nitrogens with one attached hydrogen (secondary N) is 1. The molecular weight excluding hydrogens is 245 g/mol. The predicted octanol–water partition coefficient (Wildman–Crippen LogP) is 3.37. The van der Waals surface area contributed by atoms with Crippen LogP contribution in [0.3, 0.4) is 0 Å². The number of halogens is 1. The summed E-state index contributed by atoms with van der Waals surface area (Å²) in [5, 5.41) is 12.3. The van der Waals surface area contributed by atoms with Crippen molar-refractivity contribution < 1.29 is 14.3 Å². The van der Waals surface area contributed by atoms with E-state index in [2.05, 4.69) is 5.32 Å². The number of carbonyl (C=O) groups is 1. The lowest BCUT2D eigenvalue weighted by Gasteiger charge is -2.24. The minimum Gasteiger partial charge on any atom is -0.480 e. The van der Waals surface area contributed by atoms with E-state index in [9.17, 15) is 14.3 Å². The summed E-state index contributed by atoms with van der Waals surface area (Å²) in [5.74, 6) is -0.865. The molecule has 0 heterocycles. The number of rotatable bonds is 7. The minimum absolute atomic E-state index is 0.143. The molecule has 1 rings (SSSR count). The Labute approximate surface area is 113 Å². The molecule has 4 heteroatoms. The van der Waals surface area contributed by atoms with E-state index in [1.54, 1.807) is 6.07 Å². The summed E-state index contributed by atoms with van der Waals surface area (Å²) >= 11 is 0. The molecule has 0 spiro atoms. The monoisotopic (exact) mass is 267 g/mol. The molecular formula is C15H22FNO2. The highest BCUT2D eigenvalue weighted by Gasteiger charge is 2.22. The van der Waals surface area contributed by atoms with Crippen molar-refractivity contribution in [1.29, 1.82) is 0 Å². The summed E-state index contributed by atoms with van der Waals surface area (Å²) in [4.78, 5) is 11.2. The number of hydrogen-bond donors (Lipinski definition) is 2. The molecule has 2 unspecified atom stereocenters. The lowest BCUT2D eigenvalue weighted by atomic mass is 9.99. The topological polar surface area (TPSA) is 49.3 Å². The van der Waals surface area contributed by atoms with Crippen molar-refractivity contribution in [2.24, 2.45) is 5.92 Å². The quantitative estimate of drug-likeness (QED) is 0.796. The standard InChI is InChI=1S/C15H22FNO2/c1-4-13(11-6-5-7-12(16)9-11)17-14(15(18)19)8-10(2)3/h5-7,9-10,13-14,17H,4,8H2,1-3H3,(H,18,19). The van der Waals surface area contributed by atoms with Crippen molar-refractivity contribution in [2.75, 3.05) is 0 Å². The zero-order valence-corrected chi connectivity index (χ0v) is 11.7. The van der Waals surface area contributed by atoms with Gasteiger partial charge in [0.05, 0.1) is 0 Å². The number of aliphatic carboxylic acids is 1. The third-order valence-corrected chi connectivity index (χ3v) is 3.07. The van der Waals surface area contributed by atoms with Crippen LogP contribution < -0.4 is 5.32 Å². The fraction of sp³-hybridized carbons (Fsp3) is 0.533. The molecule has 0 aromatic heterocycles. The number of carboxylic acids is 1. The SMILES string of the molecule is CCC(NC(CC(C)C)C(=O)O)c1cccc(F)c1. The summed E-state index contributed by atoms with van der Waals surface area (Å²) in [6.07, 6.45) is 1.27. The van der Waals surface area contributed by atoms with Crippen LogP contribution in [0.1, 0.15) is 45.2 Å². The molecule has 19 heavy (non-hydrogen) atoms. The van der Waals surface area contributed by atoms with Crippen LogP contribution in [0.2, 0.25) is 0 Å². The second-order valence-electron chi connectivity index (χ2n) is 5.20. The van der Waals surface area contributed by atoms with Crippen LogP contribution in [0, 0.1) is 11.7 Å². The van der Waals surface area contributed by atoms with Gasteiger partial charge in [-0.1, -0.05) is 32.9 Å². The first-order valence-corrected chi connectivity index (χ1v) is 6.68. The molecule has 0 saturated heterocycles. The average Bonchev–Trinajstić information content (AvgIpc) is 2.33. The third-order valence-electron chi connectivity index (χ3n) is 3.07. The fourth-order valence-electron chi connectivity index (χ4n) is 2.13. The van der Waals surface area contributed by atoms with Gasteiger partial charge in [0.2, 0.25) is 0 Å². The normalized spacial score (nSPS) is 14.4. The Morgan fingerprint density at radius 2 is 2.11 bits per heavy atom. The van der Waals surface area contributed by atoms with Gasteiger partial charge in [-0.2, -0.15) is 0 Å². The molecule has 0 aliphatic carbocycles. The number of hydrogen-bond acceptors (Lipinski definition) is 2. The van der Waals surface area contributed by atoms with Gasteiger partial charge < -0.3 is 5.11 Å². The molecule has 0 fully saturated rings. The highest BCUT2D eigenvalue weighted by Crippen LogP contribution is 2.19. The van der Waals surface area contributed by atoms with E-state index >= 15 is 0 Å². The summed E-state index contributed by atoms with van der Waals surface area (Å²) in [6.45, 7) is 5.93. The molecule has 0 bridgehead atoms. The molecule has 106 valence electrons. The Hall–Kier alpha value is -1.42. The van der Waals surface area contributed by atoms with E-state index in [1.165, 1.54) is 12.1 Å². The molecule has 1 aromatic carbocycles. The lowest BCUT2D eigenvalue weighted by Crippen LogP contribution is -2.40. The highest BCUT2D eigenvalue weighted by atomic mass is 19.1. The molecule has 2 N–H and O–H groups in total. The zero-order chi connectivity index (χ0) is 14.4. The molecule has 1 aromatic rings. The Bertz CT molecular complexity index is 420. The summed E-state index contributed by atoms with van der Waals surface area (Å²) in [6, 6.07) is 5.56. The molecule has 0 aliphatic rings. The summed E-state index contributed by atoms with van der Waals surface area (Å²) < 4.78 is 13.2. The van der Waals surface area contributed by atoms with Gasteiger partial charge in [-0.05, 0) is 36.5 Å². The Morgan fingerprint density at radius 3 is 2.58 bits per heavy atom. The van der Waals surface area contributed by atoms with Crippen LogP contribution in [-0.4, -0.2) is 17.1 Å². The second-order valence-corrected chi connectivity index (χ2v) is 5.20.